The normalized spacial score (nSPS) is 14.4. The Labute approximate surface area is 171 Å². The predicted molar refractivity (Wildman–Crippen MR) is 112 cm³/mol. The quantitative estimate of drug-likeness (QED) is 0.544. The average molecular weight is 405 g/mol. The lowest BCUT2D eigenvalue weighted by Gasteiger charge is -2.30. The number of hydrogen-bond donors (Lipinski definition) is 2. The first-order valence-electron chi connectivity index (χ1n) is 9.75. The van der Waals surface area contributed by atoms with Crippen LogP contribution in [-0.2, 0) is 0 Å². The van der Waals surface area contributed by atoms with Crippen molar-refractivity contribution in [1.82, 2.24) is 24.7 Å². The van der Waals surface area contributed by atoms with E-state index in [1.54, 1.807) is 36.0 Å². The van der Waals surface area contributed by atoms with Crippen LogP contribution in [-0.4, -0.2) is 51.4 Å². The molecule has 0 radical (unpaired) electrons. The van der Waals surface area contributed by atoms with E-state index < -0.39 is 5.82 Å². The summed E-state index contributed by atoms with van der Waals surface area (Å²) in [4.78, 5) is 27.9. The number of halogens is 1. The molecule has 1 fully saturated rings. The van der Waals surface area contributed by atoms with Gasteiger partial charge in [0.2, 0.25) is 0 Å². The number of carbonyl (C=O) groups excluding carboxylic acids is 1. The summed E-state index contributed by atoms with van der Waals surface area (Å²) in [5, 5.41) is 6.93. The van der Waals surface area contributed by atoms with E-state index in [1.165, 1.54) is 12.4 Å². The summed E-state index contributed by atoms with van der Waals surface area (Å²) >= 11 is 0. The third kappa shape index (κ3) is 3.22. The molecular formula is C21H20FN7O. The van der Waals surface area contributed by atoms with Crippen LogP contribution in [0.15, 0.2) is 43.1 Å². The number of rotatable bonds is 3. The number of imidazole rings is 1. The highest BCUT2D eigenvalue weighted by Crippen LogP contribution is 2.28. The fraction of sp³-hybridized carbons (Fsp3) is 0.238. The highest BCUT2D eigenvalue weighted by atomic mass is 19.1. The van der Waals surface area contributed by atoms with Gasteiger partial charge in [-0.2, -0.15) is 0 Å². The molecule has 0 unspecified atom stereocenters. The van der Waals surface area contributed by atoms with Crippen molar-refractivity contribution in [2.24, 2.45) is 0 Å². The standard InChI is InChI=1S/C21H20FN7O/c1-13-10-29-11-14(8-17(22)20(29)26-13)27-21(30)15-2-3-18(28-6-4-23-5-7-28)16-9-24-12-25-19(15)16/h2-3,8-12,23H,4-7H2,1H3,(H,27,30). The van der Waals surface area contributed by atoms with Crippen LogP contribution in [0.2, 0.25) is 0 Å². The monoisotopic (exact) mass is 405 g/mol. The first kappa shape index (κ1) is 18.4. The summed E-state index contributed by atoms with van der Waals surface area (Å²) in [6.07, 6.45) is 6.51. The molecule has 152 valence electrons. The molecule has 5 rings (SSSR count). The Morgan fingerprint density at radius 2 is 2.07 bits per heavy atom. The minimum Gasteiger partial charge on any atom is -0.368 e. The number of aromatic nitrogens is 4. The fourth-order valence-corrected chi connectivity index (χ4v) is 3.87. The van der Waals surface area contributed by atoms with Crippen molar-refractivity contribution >= 4 is 33.8 Å². The number of anilines is 2. The molecular weight excluding hydrogens is 385 g/mol. The minimum atomic E-state index is -0.498. The number of pyridine rings is 1. The van der Waals surface area contributed by atoms with Gasteiger partial charge in [-0.3, -0.25) is 4.79 Å². The largest absolute Gasteiger partial charge is 0.368 e. The number of fused-ring (bicyclic) bond motifs is 2. The molecule has 1 saturated heterocycles. The van der Waals surface area contributed by atoms with Gasteiger partial charge in [0.15, 0.2) is 11.5 Å². The fourth-order valence-electron chi connectivity index (χ4n) is 3.87. The van der Waals surface area contributed by atoms with Crippen LogP contribution in [0.25, 0.3) is 16.6 Å². The Hall–Kier alpha value is -3.59. The summed E-state index contributed by atoms with van der Waals surface area (Å²) < 4.78 is 15.9. The van der Waals surface area contributed by atoms with E-state index in [0.717, 1.165) is 37.3 Å². The Morgan fingerprint density at radius 1 is 1.23 bits per heavy atom. The van der Waals surface area contributed by atoms with Gasteiger partial charge in [-0.25, -0.2) is 19.3 Å². The van der Waals surface area contributed by atoms with Gasteiger partial charge < -0.3 is 19.9 Å². The lowest BCUT2D eigenvalue weighted by molar-refractivity contribution is 0.102. The van der Waals surface area contributed by atoms with Gasteiger partial charge in [-0.05, 0) is 19.1 Å². The Bertz CT molecular complexity index is 1260. The van der Waals surface area contributed by atoms with Crippen LogP contribution >= 0.6 is 0 Å². The number of nitrogens with one attached hydrogen (secondary N) is 2. The molecule has 9 heteroatoms. The molecule has 0 spiro atoms. The molecule has 4 heterocycles. The van der Waals surface area contributed by atoms with Crippen LogP contribution in [0, 0.1) is 12.7 Å². The van der Waals surface area contributed by atoms with Gasteiger partial charge in [0.25, 0.3) is 5.91 Å². The zero-order chi connectivity index (χ0) is 20.7. The van der Waals surface area contributed by atoms with E-state index in [2.05, 4.69) is 30.5 Å². The lowest BCUT2D eigenvalue weighted by Crippen LogP contribution is -2.43. The van der Waals surface area contributed by atoms with Crippen molar-refractivity contribution < 1.29 is 9.18 Å². The number of benzene rings is 1. The van der Waals surface area contributed by atoms with Gasteiger partial charge in [0, 0.05) is 61.9 Å². The maximum Gasteiger partial charge on any atom is 0.257 e. The van der Waals surface area contributed by atoms with Crippen LogP contribution < -0.4 is 15.5 Å². The van der Waals surface area contributed by atoms with Gasteiger partial charge in [0.05, 0.1) is 22.5 Å². The molecule has 4 aromatic rings. The maximum absolute atomic E-state index is 14.4. The summed E-state index contributed by atoms with van der Waals surface area (Å²) in [6.45, 7) is 5.34. The molecule has 1 aromatic carbocycles. The van der Waals surface area contributed by atoms with Gasteiger partial charge >= 0.3 is 0 Å². The minimum absolute atomic E-state index is 0.226. The molecule has 1 amide bonds. The lowest BCUT2D eigenvalue weighted by atomic mass is 10.1. The number of aryl methyl sites for hydroxylation is 1. The molecule has 0 atom stereocenters. The van der Waals surface area contributed by atoms with Crippen LogP contribution in [0.1, 0.15) is 16.1 Å². The third-order valence-electron chi connectivity index (χ3n) is 5.24. The second-order valence-electron chi connectivity index (χ2n) is 7.30. The molecule has 0 aliphatic carbocycles. The smallest absolute Gasteiger partial charge is 0.257 e. The highest BCUT2D eigenvalue weighted by Gasteiger charge is 2.19. The van der Waals surface area contributed by atoms with Gasteiger partial charge in [-0.15, -0.1) is 0 Å². The highest BCUT2D eigenvalue weighted by molar-refractivity contribution is 6.13. The van der Waals surface area contributed by atoms with E-state index in [0.29, 0.717) is 22.5 Å². The zero-order valence-electron chi connectivity index (χ0n) is 16.4. The van der Waals surface area contributed by atoms with Crippen molar-refractivity contribution in [2.45, 2.75) is 6.92 Å². The van der Waals surface area contributed by atoms with Gasteiger partial charge in [0.1, 0.15) is 6.33 Å². The van der Waals surface area contributed by atoms with E-state index in [9.17, 15) is 9.18 Å². The Balaban J connectivity index is 1.51. The van der Waals surface area contributed by atoms with Crippen molar-refractivity contribution in [3.05, 3.63) is 60.2 Å². The third-order valence-corrected chi connectivity index (χ3v) is 5.24. The molecule has 3 aromatic heterocycles. The van der Waals surface area contributed by atoms with E-state index in [4.69, 9.17) is 0 Å². The van der Waals surface area contributed by atoms with E-state index in [-0.39, 0.29) is 11.6 Å². The molecule has 30 heavy (non-hydrogen) atoms. The van der Waals surface area contributed by atoms with E-state index >= 15 is 0 Å². The summed E-state index contributed by atoms with van der Waals surface area (Å²) in [6, 6.07) is 4.96. The van der Waals surface area contributed by atoms with Crippen molar-refractivity contribution in [1.29, 1.82) is 0 Å². The zero-order valence-corrected chi connectivity index (χ0v) is 16.4. The number of hydrogen-bond acceptors (Lipinski definition) is 6. The number of carbonyl (C=O) groups is 1. The molecule has 1 aliphatic heterocycles. The molecule has 8 nitrogen and oxygen atoms in total. The summed E-state index contributed by atoms with van der Waals surface area (Å²) in [5.74, 6) is -0.858. The first-order valence-corrected chi connectivity index (χ1v) is 9.75. The summed E-state index contributed by atoms with van der Waals surface area (Å²) in [5.41, 5.74) is 3.25. The molecule has 1 aliphatic rings. The second kappa shape index (κ2) is 7.34. The van der Waals surface area contributed by atoms with Gasteiger partial charge in [-0.1, -0.05) is 0 Å². The SMILES string of the molecule is Cc1cn2cc(NC(=O)c3ccc(N4CCNCC4)c4cncnc34)cc(F)c2n1. The van der Waals surface area contributed by atoms with E-state index in [1.807, 2.05) is 6.07 Å². The predicted octanol–water partition coefficient (Wildman–Crippen LogP) is 2.39. The molecule has 2 N–H and O–H groups in total. The van der Waals surface area contributed by atoms with Crippen molar-refractivity contribution in [3.8, 4) is 0 Å². The molecule has 0 bridgehead atoms. The summed E-state index contributed by atoms with van der Waals surface area (Å²) in [7, 11) is 0. The Kier molecular flexibility index (Phi) is 4.51. The number of nitrogens with zero attached hydrogens (tertiary/aromatic N) is 5. The topological polar surface area (TPSA) is 87.5 Å². The van der Waals surface area contributed by atoms with Crippen LogP contribution in [0.5, 0.6) is 0 Å². The molecule has 0 saturated carbocycles. The van der Waals surface area contributed by atoms with Crippen molar-refractivity contribution in [2.75, 3.05) is 36.4 Å². The van der Waals surface area contributed by atoms with Crippen LogP contribution in [0.4, 0.5) is 15.8 Å². The Morgan fingerprint density at radius 3 is 2.90 bits per heavy atom. The average Bonchev–Trinajstić information content (AvgIpc) is 3.14. The second-order valence-corrected chi connectivity index (χ2v) is 7.30. The number of amides is 1. The first-order chi connectivity index (χ1) is 14.6. The maximum atomic E-state index is 14.4. The van der Waals surface area contributed by atoms with Crippen molar-refractivity contribution in [3.63, 3.8) is 0 Å². The number of piperazine rings is 1. The van der Waals surface area contributed by atoms with Crippen LogP contribution in [0.3, 0.4) is 0 Å².